The van der Waals surface area contributed by atoms with Crippen LogP contribution < -0.4 is 11.0 Å². The molecule has 3 heterocycles. The predicted molar refractivity (Wildman–Crippen MR) is 162 cm³/mol. The number of aromatic amines is 1. The number of hydrogen-bond donors (Lipinski definition) is 2. The Bertz CT molecular complexity index is 1880. The number of carbonyl (C=O) groups is 1. The molecule has 1 aliphatic rings. The fourth-order valence-electron chi connectivity index (χ4n) is 5.60. The van der Waals surface area contributed by atoms with E-state index >= 15 is 0 Å². The number of nitrogens with zero attached hydrogens (tertiary/aromatic N) is 3. The molecule has 2 N–H and O–H groups in total. The van der Waals surface area contributed by atoms with E-state index in [0.29, 0.717) is 24.9 Å². The lowest BCUT2D eigenvalue weighted by molar-refractivity contribution is -0.119. The number of H-pyrrole nitrogens is 1. The van der Waals surface area contributed by atoms with Gasteiger partial charge in [-0.25, -0.2) is 23.7 Å². The normalized spacial score (nSPS) is 15.0. The van der Waals surface area contributed by atoms with Gasteiger partial charge in [0, 0.05) is 35.2 Å². The molecular weight excluding hydrogens is 529 g/mol. The van der Waals surface area contributed by atoms with Gasteiger partial charge in [0.2, 0.25) is 5.91 Å². The zero-order valence-corrected chi connectivity index (χ0v) is 23.0. The highest BCUT2D eigenvalue weighted by molar-refractivity contribution is 5.98. The number of carbonyl (C=O) groups excluding carboxylic acids is 1. The van der Waals surface area contributed by atoms with Crippen molar-refractivity contribution in [3.8, 4) is 34.7 Å². The SMILES string of the molecule is C#CCCCC(F)/C=C/C(=O)NC1(c2ccc(-c3nc4ccn5c(=O)[nH]nc5c4cc3-c3ccccc3)cc2)CCC1. The minimum atomic E-state index is -1.20. The fourth-order valence-corrected chi connectivity index (χ4v) is 5.60. The Hall–Kier alpha value is -5.03. The average Bonchev–Trinajstić information content (AvgIpc) is 3.39. The van der Waals surface area contributed by atoms with Crippen LogP contribution in [0.25, 0.3) is 38.9 Å². The number of allylic oxidation sites excluding steroid dienone is 1. The Balaban J connectivity index is 1.31. The number of halogens is 1. The van der Waals surface area contributed by atoms with Gasteiger partial charge in [-0.3, -0.25) is 4.79 Å². The number of terminal acetylenes is 1. The van der Waals surface area contributed by atoms with E-state index in [-0.39, 0.29) is 11.6 Å². The molecule has 5 aromatic rings. The summed E-state index contributed by atoms with van der Waals surface area (Å²) in [4.78, 5) is 29.9. The quantitative estimate of drug-likeness (QED) is 0.130. The highest BCUT2D eigenvalue weighted by Gasteiger charge is 2.39. The Labute approximate surface area is 242 Å². The standard InChI is InChI=1S/C34H30FN5O2/c1-2-3-5-11-26(35)16-17-30(41)37-34(19-8-20-34)25-14-12-24(13-15-25)31-27(23-9-6-4-7-10-23)22-28-29(36-31)18-21-40-32(28)38-39-33(40)42/h1,4,6-7,9-10,12-18,21-22,26H,3,5,8,11,19-20H2,(H,37,41)(H,39,42)/b17-16+. The van der Waals surface area contributed by atoms with Crippen LogP contribution in [0.1, 0.15) is 44.1 Å². The Morgan fingerprint density at radius 1 is 1.14 bits per heavy atom. The molecule has 1 atom stereocenters. The summed E-state index contributed by atoms with van der Waals surface area (Å²) < 4.78 is 15.6. The van der Waals surface area contributed by atoms with E-state index in [1.807, 2.05) is 66.7 Å². The molecule has 0 saturated heterocycles. The molecule has 7 nitrogen and oxygen atoms in total. The van der Waals surface area contributed by atoms with Gasteiger partial charge in [0.1, 0.15) is 6.17 Å². The van der Waals surface area contributed by atoms with Crippen LogP contribution in [0.4, 0.5) is 4.39 Å². The Morgan fingerprint density at radius 3 is 2.64 bits per heavy atom. The number of rotatable bonds is 9. The van der Waals surface area contributed by atoms with Crippen molar-refractivity contribution < 1.29 is 9.18 Å². The molecule has 42 heavy (non-hydrogen) atoms. The van der Waals surface area contributed by atoms with Gasteiger partial charge < -0.3 is 5.32 Å². The molecule has 1 saturated carbocycles. The van der Waals surface area contributed by atoms with Crippen LogP contribution in [-0.2, 0) is 10.3 Å². The van der Waals surface area contributed by atoms with Crippen LogP contribution in [0, 0.1) is 12.3 Å². The van der Waals surface area contributed by atoms with Crippen LogP contribution in [0.2, 0.25) is 0 Å². The molecule has 8 heteroatoms. The molecule has 1 fully saturated rings. The van der Waals surface area contributed by atoms with E-state index in [9.17, 15) is 14.0 Å². The van der Waals surface area contributed by atoms with Gasteiger partial charge in [0.15, 0.2) is 5.65 Å². The topological polar surface area (TPSA) is 92.2 Å². The van der Waals surface area contributed by atoms with E-state index in [1.54, 1.807) is 6.20 Å². The molecule has 0 radical (unpaired) electrons. The van der Waals surface area contributed by atoms with Crippen LogP contribution in [0.15, 0.2) is 89.9 Å². The summed E-state index contributed by atoms with van der Waals surface area (Å²) in [6, 6.07) is 21.9. The number of amides is 1. The molecule has 1 amide bonds. The number of nitrogens with one attached hydrogen (secondary N) is 2. The van der Waals surface area contributed by atoms with Crippen molar-refractivity contribution in [1.82, 2.24) is 24.9 Å². The predicted octanol–water partition coefficient (Wildman–Crippen LogP) is 6.10. The molecule has 3 aromatic heterocycles. The second-order valence-corrected chi connectivity index (χ2v) is 10.7. The molecule has 0 aliphatic heterocycles. The summed E-state index contributed by atoms with van der Waals surface area (Å²) in [5, 5.41) is 10.6. The van der Waals surface area contributed by atoms with Crippen LogP contribution >= 0.6 is 0 Å². The first-order valence-electron chi connectivity index (χ1n) is 14.1. The Kier molecular flexibility index (Phi) is 7.41. The van der Waals surface area contributed by atoms with Crippen molar-refractivity contribution in [2.45, 2.75) is 50.2 Å². The summed E-state index contributed by atoms with van der Waals surface area (Å²) >= 11 is 0. The van der Waals surface area contributed by atoms with Gasteiger partial charge in [0.25, 0.3) is 0 Å². The number of benzene rings is 2. The summed E-state index contributed by atoms with van der Waals surface area (Å²) in [6.07, 6.45) is 12.4. The maximum absolute atomic E-state index is 14.1. The first kappa shape index (κ1) is 27.2. The summed E-state index contributed by atoms with van der Waals surface area (Å²) in [5.41, 5.74) is 5.10. The van der Waals surface area contributed by atoms with E-state index in [1.165, 1.54) is 16.6 Å². The first-order chi connectivity index (χ1) is 20.5. The first-order valence-corrected chi connectivity index (χ1v) is 14.1. The van der Waals surface area contributed by atoms with Gasteiger partial charge in [-0.1, -0.05) is 54.6 Å². The van der Waals surface area contributed by atoms with Crippen molar-refractivity contribution in [2.24, 2.45) is 0 Å². The second kappa shape index (κ2) is 11.5. The highest BCUT2D eigenvalue weighted by atomic mass is 19.1. The van der Waals surface area contributed by atoms with Crippen molar-refractivity contribution in [3.05, 3.63) is 101 Å². The molecule has 0 spiro atoms. The molecule has 0 bridgehead atoms. The molecule has 1 aliphatic carbocycles. The van der Waals surface area contributed by atoms with Gasteiger partial charge in [-0.05, 0) is 61.4 Å². The molecule has 6 rings (SSSR count). The van der Waals surface area contributed by atoms with Crippen LogP contribution in [0.3, 0.4) is 0 Å². The lowest BCUT2D eigenvalue weighted by Crippen LogP contribution is -2.50. The minimum absolute atomic E-state index is 0.301. The fraction of sp³-hybridized carbons (Fsp3) is 0.235. The third-order valence-corrected chi connectivity index (χ3v) is 8.00. The summed E-state index contributed by atoms with van der Waals surface area (Å²) in [7, 11) is 0. The van der Waals surface area contributed by atoms with Crippen molar-refractivity contribution >= 4 is 22.5 Å². The lowest BCUT2D eigenvalue weighted by Gasteiger charge is -2.43. The van der Waals surface area contributed by atoms with Crippen molar-refractivity contribution in [1.29, 1.82) is 0 Å². The van der Waals surface area contributed by atoms with Crippen LogP contribution in [-0.4, -0.2) is 31.7 Å². The number of hydrogen-bond acceptors (Lipinski definition) is 4. The van der Waals surface area contributed by atoms with Crippen LogP contribution in [0.5, 0.6) is 0 Å². The van der Waals surface area contributed by atoms with E-state index in [0.717, 1.165) is 58.1 Å². The van der Waals surface area contributed by atoms with Gasteiger partial charge in [0.05, 0.1) is 16.7 Å². The lowest BCUT2D eigenvalue weighted by atomic mass is 9.71. The number of pyridine rings is 2. The molecule has 2 aromatic carbocycles. The zero-order valence-electron chi connectivity index (χ0n) is 23.0. The smallest absolute Gasteiger partial charge is 0.343 e. The van der Waals surface area contributed by atoms with E-state index in [4.69, 9.17) is 11.4 Å². The highest BCUT2D eigenvalue weighted by Crippen LogP contribution is 2.42. The van der Waals surface area contributed by atoms with E-state index < -0.39 is 11.7 Å². The number of alkyl halides is 1. The molecular formula is C34H30FN5O2. The van der Waals surface area contributed by atoms with Crippen molar-refractivity contribution in [2.75, 3.05) is 0 Å². The number of aromatic nitrogens is 4. The largest absolute Gasteiger partial charge is 0.347 e. The number of unbranched alkanes of at least 4 members (excludes halogenated alkanes) is 1. The average molecular weight is 560 g/mol. The monoisotopic (exact) mass is 559 g/mol. The minimum Gasteiger partial charge on any atom is -0.343 e. The van der Waals surface area contributed by atoms with Crippen molar-refractivity contribution in [3.63, 3.8) is 0 Å². The molecule has 1 unspecified atom stereocenters. The third-order valence-electron chi connectivity index (χ3n) is 8.00. The van der Waals surface area contributed by atoms with Gasteiger partial charge in [-0.15, -0.1) is 12.3 Å². The third kappa shape index (κ3) is 5.21. The summed E-state index contributed by atoms with van der Waals surface area (Å²) in [6.45, 7) is 0. The van der Waals surface area contributed by atoms with E-state index in [2.05, 4.69) is 21.4 Å². The second-order valence-electron chi connectivity index (χ2n) is 10.7. The molecule has 210 valence electrons. The number of fused-ring (bicyclic) bond motifs is 3. The zero-order chi connectivity index (χ0) is 29.1. The summed E-state index contributed by atoms with van der Waals surface area (Å²) in [5.74, 6) is 2.20. The maximum Gasteiger partial charge on any atom is 0.347 e. The van der Waals surface area contributed by atoms with Gasteiger partial charge in [-0.2, -0.15) is 5.10 Å². The maximum atomic E-state index is 14.1. The Morgan fingerprint density at radius 2 is 1.93 bits per heavy atom. The van der Waals surface area contributed by atoms with Gasteiger partial charge >= 0.3 is 5.69 Å².